The van der Waals surface area contributed by atoms with Crippen LogP contribution in [0.2, 0.25) is 0 Å². The molecule has 3 nitrogen and oxygen atoms in total. The van der Waals surface area contributed by atoms with Gasteiger partial charge in [0.05, 0.1) is 6.42 Å². The van der Waals surface area contributed by atoms with Crippen LogP contribution in [0.3, 0.4) is 0 Å². The molecule has 104 valence electrons. The molecule has 0 aliphatic carbocycles. The number of hydrogen-bond donors (Lipinski definition) is 1. The molecule has 0 unspecified atom stereocenters. The van der Waals surface area contributed by atoms with E-state index in [1.54, 1.807) is 0 Å². The van der Waals surface area contributed by atoms with Crippen molar-refractivity contribution in [2.45, 2.75) is 51.6 Å². The Bertz CT molecular complexity index is 442. The molecule has 1 aromatic carbocycles. The summed E-state index contributed by atoms with van der Waals surface area (Å²) in [5.74, 6) is 0.219. The molecule has 0 aromatic heterocycles. The Labute approximate surface area is 115 Å². The number of amides is 1. The van der Waals surface area contributed by atoms with E-state index < -0.39 is 0 Å². The summed E-state index contributed by atoms with van der Waals surface area (Å²) in [6.45, 7) is 4.92. The van der Waals surface area contributed by atoms with Crippen molar-refractivity contribution in [3.8, 4) is 0 Å². The fourth-order valence-electron chi connectivity index (χ4n) is 2.89. The second-order valence-corrected chi connectivity index (χ2v) is 5.61. The van der Waals surface area contributed by atoms with Crippen LogP contribution in [0.25, 0.3) is 0 Å². The summed E-state index contributed by atoms with van der Waals surface area (Å²) in [6, 6.07) is 8.37. The predicted octanol–water partition coefficient (Wildman–Crippen LogP) is 2.27. The lowest BCUT2D eigenvalue weighted by molar-refractivity contribution is -0.134. The first-order valence-corrected chi connectivity index (χ1v) is 7.19. The molecule has 3 heteroatoms. The molecule has 2 rings (SSSR count). The quantitative estimate of drug-likeness (QED) is 0.906. The van der Waals surface area contributed by atoms with Crippen LogP contribution in [0.1, 0.15) is 37.3 Å². The van der Waals surface area contributed by atoms with Gasteiger partial charge in [-0.1, -0.05) is 24.3 Å². The Balaban J connectivity index is 2.08. The monoisotopic (exact) mass is 260 g/mol. The van der Waals surface area contributed by atoms with Crippen molar-refractivity contribution in [1.29, 1.82) is 0 Å². The highest BCUT2D eigenvalue weighted by molar-refractivity contribution is 5.79. The van der Waals surface area contributed by atoms with Gasteiger partial charge in [-0.15, -0.1) is 0 Å². The molecule has 1 aromatic rings. The van der Waals surface area contributed by atoms with Crippen molar-refractivity contribution in [1.82, 2.24) is 4.90 Å². The normalized spacial score (nSPS) is 21.2. The van der Waals surface area contributed by atoms with Gasteiger partial charge in [-0.05, 0) is 44.2 Å². The van der Waals surface area contributed by atoms with Gasteiger partial charge in [0.2, 0.25) is 5.91 Å². The highest BCUT2D eigenvalue weighted by Crippen LogP contribution is 2.20. The maximum atomic E-state index is 12.5. The fraction of sp³-hybridized carbons (Fsp3) is 0.562. The van der Waals surface area contributed by atoms with Gasteiger partial charge in [0.1, 0.15) is 0 Å². The highest BCUT2D eigenvalue weighted by Gasteiger charge is 2.29. The van der Waals surface area contributed by atoms with Crippen LogP contribution in [-0.2, 0) is 11.2 Å². The number of nitrogens with zero attached hydrogens (tertiary/aromatic N) is 1. The molecule has 1 heterocycles. The Hall–Kier alpha value is -1.35. The summed E-state index contributed by atoms with van der Waals surface area (Å²) in [5, 5.41) is 0. The first-order valence-electron chi connectivity index (χ1n) is 7.19. The zero-order valence-electron chi connectivity index (χ0n) is 11.9. The number of carbonyl (C=O) groups excluding carboxylic acids is 1. The first-order chi connectivity index (χ1) is 9.09. The third kappa shape index (κ3) is 3.35. The van der Waals surface area contributed by atoms with E-state index in [0.717, 1.165) is 24.9 Å². The molecule has 0 saturated carbocycles. The lowest BCUT2D eigenvalue weighted by Gasteiger charge is -2.38. The Kier molecular flexibility index (Phi) is 4.59. The standard InChI is InChI=1S/C16H24N2O/c1-12-7-3-4-8-14(12)11-16(19)18-10-6-5-9-15(18)13(2)17/h3-4,7-8,13,15H,5-6,9-11,17H2,1-2H3/t13-,15+/m1/s1. The van der Waals surface area contributed by atoms with E-state index in [4.69, 9.17) is 5.73 Å². The van der Waals surface area contributed by atoms with Crippen molar-refractivity contribution in [3.63, 3.8) is 0 Å². The van der Waals surface area contributed by atoms with Crippen molar-refractivity contribution in [2.24, 2.45) is 5.73 Å². The summed E-state index contributed by atoms with van der Waals surface area (Å²) in [4.78, 5) is 14.5. The average molecular weight is 260 g/mol. The molecular formula is C16H24N2O. The number of aryl methyl sites for hydroxylation is 1. The summed E-state index contributed by atoms with van der Waals surface area (Å²) < 4.78 is 0. The molecule has 19 heavy (non-hydrogen) atoms. The minimum atomic E-state index is 0.0566. The SMILES string of the molecule is Cc1ccccc1CC(=O)N1CCCC[C@H]1[C@@H](C)N. The number of nitrogens with two attached hydrogens (primary N) is 1. The van der Waals surface area contributed by atoms with Crippen LogP contribution in [-0.4, -0.2) is 29.4 Å². The zero-order chi connectivity index (χ0) is 13.8. The summed E-state index contributed by atoms with van der Waals surface area (Å²) in [7, 11) is 0. The Morgan fingerprint density at radius 1 is 1.42 bits per heavy atom. The molecule has 0 bridgehead atoms. The Morgan fingerprint density at radius 3 is 2.84 bits per heavy atom. The third-order valence-electron chi connectivity index (χ3n) is 4.08. The third-order valence-corrected chi connectivity index (χ3v) is 4.08. The number of carbonyl (C=O) groups is 1. The van der Waals surface area contributed by atoms with E-state index in [0.29, 0.717) is 6.42 Å². The lowest BCUT2D eigenvalue weighted by atomic mass is 9.95. The van der Waals surface area contributed by atoms with E-state index in [1.165, 1.54) is 12.0 Å². The predicted molar refractivity (Wildman–Crippen MR) is 77.9 cm³/mol. The number of hydrogen-bond acceptors (Lipinski definition) is 2. The maximum absolute atomic E-state index is 12.5. The highest BCUT2D eigenvalue weighted by atomic mass is 16.2. The molecule has 1 fully saturated rings. The van der Waals surface area contributed by atoms with Gasteiger partial charge in [0.15, 0.2) is 0 Å². The summed E-state index contributed by atoms with van der Waals surface area (Å²) >= 11 is 0. The van der Waals surface area contributed by atoms with E-state index in [2.05, 4.69) is 13.0 Å². The summed E-state index contributed by atoms with van der Waals surface area (Å²) in [6.07, 6.45) is 3.82. The molecular weight excluding hydrogens is 236 g/mol. The van der Waals surface area contributed by atoms with Crippen LogP contribution >= 0.6 is 0 Å². The molecule has 1 aliphatic heterocycles. The smallest absolute Gasteiger partial charge is 0.227 e. The van der Waals surface area contributed by atoms with Crippen molar-refractivity contribution in [3.05, 3.63) is 35.4 Å². The van der Waals surface area contributed by atoms with E-state index in [1.807, 2.05) is 30.0 Å². The van der Waals surface area contributed by atoms with Crippen LogP contribution < -0.4 is 5.73 Å². The van der Waals surface area contributed by atoms with Gasteiger partial charge in [0, 0.05) is 18.6 Å². The maximum Gasteiger partial charge on any atom is 0.227 e. The topological polar surface area (TPSA) is 46.3 Å². The molecule has 0 radical (unpaired) electrons. The average Bonchev–Trinajstić information content (AvgIpc) is 2.41. The van der Waals surface area contributed by atoms with Crippen LogP contribution in [0, 0.1) is 6.92 Å². The van der Waals surface area contributed by atoms with Gasteiger partial charge in [0.25, 0.3) is 0 Å². The molecule has 1 aliphatic rings. The van der Waals surface area contributed by atoms with Crippen LogP contribution in [0.15, 0.2) is 24.3 Å². The minimum Gasteiger partial charge on any atom is -0.338 e. The number of rotatable bonds is 3. The first kappa shape index (κ1) is 14.1. The molecule has 1 amide bonds. The number of benzene rings is 1. The lowest BCUT2D eigenvalue weighted by Crippen LogP contribution is -2.52. The molecule has 0 spiro atoms. The summed E-state index contributed by atoms with van der Waals surface area (Å²) in [5.41, 5.74) is 8.34. The van der Waals surface area contributed by atoms with E-state index in [-0.39, 0.29) is 18.0 Å². The van der Waals surface area contributed by atoms with Crippen LogP contribution in [0.4, 0.5) is 0 Å². The molecule has 1 saturated heterocycles. The van der Waals surface area contributed by atoms with Gasteiger partial charge in [-0.3, -0.25) is 4.79 Å². The minimum absolute atomic E-state index is 0.0566. The largest absolute Gasteiger partial charge is 0.338 e. The van der Waals surface area contributed by atoms with Gasteiger partial charge >= 0.3 is 0 Å². The van der Waals surface area contributed by atoms with Gasteiger partial charge in [-0.25, -0.2) is 0 Å². The number of piperidine rings is 1. The van der Waals surface area contributed by atoms with E-state index >= 15 is 0 Å². The van der Waals surface area contributed by atoms with Crippen molar-refractivity contribution >= 4 is 5.91 Å². The van der Waals surface area contributed by atoms with Crippen molar-refractivity contribution < 1.29 is 4.79 Å². The van der Waals surface area contributed by atoms with E-state index in [9.17, 15) is 4.79 Å². The zero-order valence-corrected chi connectivity index (χ0v) is 11.9. The fourth-order valence-corrected chi connectivity index (χ4v) is 2.89. The molecule has 2 N–H and O–H groups in total. The molecule has 2 atom stereocenters. The van der Waals surface area contributed by atoms with Gasteiger partial charge < -0.3 is 10.6 Å². The number of likely N-dealkylation sites (tertiary alicyclic amines) is 1. The van der Waals surface area contributed by atoms with Crippen molar-refractivity contribution in [2.75, 3.05) is 6.54 Å². The van der Waals surface area contributed by atoms with Crippen LogP contribution in [0.5, 0.6) is 0 Å². The van der Waals surface area contributed by atoms with Gasteiger partial charge in [-0.2, -0.15) is 0 Å². The Morgan fingerprint density at radius 2 is 2.16 bits per heavy atom. The second kappa shape index (κ2) is 6.20. The second-order valence-electron chi connectivity index (χ2n) is 5.61.